The van der Waals surface area contributed by atoms with Gasteiger partial charge in [0.05, 0.1) is 0 Å². The van der Waals surface area contributed by atoms with Crippen molar-refractivity contribution in [2.24, 2.45) is 0 Å². The molecule has 28 heavy (non-hydrogen) atoms. The maximum atomic E-state index is 12.4. The predicted molar refractivity (Wildman–Crippen MR) is 109 cm³/mol. The van der Waals surface area contributed by atoms with Gasteiger partial charge in [-0.15, -0.1) is 0 Å². The maximum absolute atomic E-state index is 12.4. The zero-order valence-electron chi connectivity index (χ0n) is 15.1. The summed E-state index contributed by atoms with van der Waals surface area (Å²) in [5.74, 6) is -1.36. The summed E-state index contributed by atoms with van der Waals surface area (Å²) in [4.78, 5) is 41.1. The second kappa shape index (κ2) is 10.6. The molecule has 0 aromatic heterocycles. The van der Waals surface area contributed by atoms with E-state index in [9.17, 15) is 14.2 Å². The number of amides is 1. The van der Waals surface area contributed by atoms with E-state index in [0.29, 0.717) is 6.42 Å². The van der Waals surface area contributed by atoms with Crippen LogP contribution >= 0.6 is 7.60 Å². The Morgan fingerprint density at radius 1 is 1.00 bits per heavy atom. The molecule has 7 nitrogen and oxygen atoms in total. The van der Waals surface area contributed by atoms with E-state index < -0.39 is 34.0 Å². The molecular weight excluding hydrogens is 444 g/mol. The summed E-state index contributed by atoms with van der Waals surface area (Å²) in [6.45, 7) is -0.000315. The summed E-state index contributed by atoms with van der Waals surface area (Å²) in [5, 5.41) is 11.3. The molecule has 0 radical (unpaired) electrons. The molecule has 0 saturated heterocycles. The van der Waals surface area contributed by atoms with Crippen molar-refractivity contribution < 1.29 is 29.0 Å². The van der Waals surface area contributed by atoms with Crippen molar-refractivity contribution in [3.63, 3.8) is 0 Å². The summed E-state index contributed by atoms with van der Waals surface area (Å²) in [5.41, 5.74) is 3.01. The summed E-state index contributed by atoms with van der Waals surface area (Å²) in [6, 6.07) is 17.6. The van der Waals surface area contributed by atoms with E-state index in [1.165, 1.54) is 0 Å². The molecular formula is C19H23AsNO6P. The van der Waals surface area contributed by atoms with E-state index in [1.807, 2.05) is 54.6 Å². The van der Waals surface area contributed by atoms with Gasteiger partial charge >= 0.3 is 170 Å². The van der Waals surface area contributed by atoms with Crippen molar-refractivity contribution in [2.75, 3.05) is 11.5 Å². The Kier molecular flexibility index (Phi) is 8.46. The topological polar surface area (TPSA) is 124 Å². The number of aliphatic carboxylic acids is 1. The van der Waals surface area contributed by atoms with Crippen LogP contribution in [0.3, 0.4) is 0 Å². The van der Waals surface area contributed by atoms with Gasteiger partial charge in [0.1, 0.15) is 0 Å². The first kappa shape index (κ1) is 22.4. The third-order valence-electron chi connectivity index (χ3n) is 4.00. The summed E-state index contributed by atoms with van der Waals surface area (Å²) < 4.78 is 10.7. The van der Waals surface area contributed by atoms with Crippen LogP contribution < -0.4 is 5.32 Å². The number of hydrogen-bond donors (Lipinski definition) is 4. The number of carbonyl (C=O) groups is 2. The molecule has 0 heterocycles. The Labute approximate surface area is 170 Å². The number of carboxylic acids is 1. The fraction of sp³-hybridized carbons (Fsp3) is 0.263. The van der Waals surface area contributed by atoms with Gasteiger partial charge < -0.3 is 0 Å². The summed E-state index contributed by atoms with van der Waals surface area (Å²) in [6.07, 6.45) is 0.177. The molecule has 2 atom stereocenters. The number of carbonyl (C=O) groups excluding carboxylic acids is 1. The number of rotatable bonds is 10. The van der Waals surface area contributed by atoms with Crippen LogP contribution in [0.1, 0.15) is 12.0 Å². The minimum absolute atomic E-state index is 0.000315. The SMILES string of the molecule is O=C(O)CCNC(=O)[C@H](Cc1ccc(-c2ccccc2)cc1)[AsH]CP(=O)(O)O. The Hall–Kier alpha value is -1.91. The minimum atomic E-state index is -4.17. The van der Waals surface area contributed by atoms with Crippen LogP contribution in [0, 0.1) is 0 Å². The Morgan fingerprint density at radius 2 is 1.61 bits per heavy atom. The molecule has 0 fully saturated rings. The molecule has 4 N–H and O–H groups in total. The molecule has 0 bridgehead atoms. The first-order valence-corrected chi connectivity index (χ1v) is 13.2. The van der Waals surface area contributed by atoms with Gasteiger partial charge in [0.15, 0.2) is 0 Å². The van der Waals surface area contributed by atoms with Crippen LogP contribution in [0.15, 0.2) is 54.6 Å². The average Bonchev–Trinajstić information content (AvgIpc) is 2.65. The molecule has 2 aromatic rings. The van der Waals surface area contributed by atoms with Gasteiger partial charge in [-0.1, -0.05) is 0 Å². The van der Waals surface area contributed by atoms with Crippen molar-refractivity contribution in [1.29, 1.82) is 0 Å². The van der Waals surface area contributed by atoms with E-state index in [2.05, 4.69) is 5.32 Å². The number of hydrogen-bond acceptors (Lipinski definition) is 3. The van der Waals surface area contributed by atoms with E-state index in [4.69, 9.17) is 14.9 Å². The van der Waals surface area contributed by atoms with Crippen LogP contribution in [0.4, 0.5) is 0 Å². The monoisotopic (exact) mass is 467 g/mol. The third kappa shape index (κ3) is 7.99. The Morgan fingerprint density at radius 3 is 2.18 bits per heavy atom. The Balaban J connectivity index is 2.06. The average molecular weight is 467 g/mol. The van der Waals surface area contributed by atoms with Gasteiger partial charge in [0, 0.05) is 0 Å². The van der Waals surface area contributed by atoms with E-state index in [0.717, 1.165) is 16.7 Å². The van der Waals surface area contributed by atoms with Crippen molar-refractivity contribution in [1.82, 2.24) is 5.32 Å². The van der Waals surface area contributed by atoms with Crippen LogP contribution in [-0.2, 0) is 20.6 Å². The molecule has 0 saturated carbocycles. The summed E-state index contributed by atoms with van der Waals surface area (Å²) in [7, 11) is -4.17. The number of benzene rings is 2. The fourth-order valence-electron chi connectivity index (χ4n) is 2.60. The zero-order chi connectivity index (χ0) is 20.6. The Bertz CT molecular complexity index is 837. The molecule has 0 aliphatic carbocycles. The number of nitrogens with one attached hydrogen (secondary N) is 1. The molecule has 2 rings (SSSR count). The molecule has 1 unspecified atom stereocenters. The zero-order valence-corrected chi connectivity index (χ0v) is 18.1. The molecule has 2 aromatic carbocycles. The second-order valence-corrected chi connectivity index (χ2v) is 12.2. The van der Waals surface area contributed by atoms with Crippen molar-refractivity contribution in [2.45, 2.75) is 17.5 Å². The van der Waals surface area contributed by atoms with Gasteiger partial charge in [0.2, 0.25) is 0 Å². The molecule has 150 valence electrons. The van der Waals surface area contributed by atoms with E-state index in [1.54, 1.807) is 0 Å². The van der Waals surface area contributed by atoms with Gasteiger partial charge in [-0.2, -0.15) is 0 Å². The fourth-order valence-corrected chi connectivity index (χ4v) is 7.34. The van der Waals surface area contributed by atoms with Crippen LogP contribution in [0.25, 0.3) is 11.1 Å². The number of carboxylic acid groups (broad SMARTS) is 1. The summed E-state index contributed by atoms with van der Waals surface area (Å²) >= 11 is -1.26. The predicted octanol–water partition coefficient (Wildman–Crippen LogP) is 1.85. The molecule has 0 spiro atoms. The van der Waals surface area contributed by atoms with E-state index in [-0.39, 0.29) is 23.8 Å². The van der Waals surface area contributed by atoms with Gasteiger partial charge in [-0.05, 0) is 0 Å². The first-order valence-electron chi connectivity index (χ1n) is 8.66. The third-order valence-corrected chi connectivity index (χ3v) is 10.3. The first-order chi connectivity index (χ1) is 13.2. The van der Waals surface area contributed by atoms with Crippen molar-refractivity contribution in [3.05, 3.63) is 60.2 Å². The van der Waals surface area contributed by atoms with E-state index >= 15 is 0 Å². The van der Waals surface area contributed by atoms with Crippen molar-refractivity contribution >= 4 is 35.2 Å². The van der Waals surface area contributed by atoms with Gasteiger partial charge in [-0.3, -0.25) is 0 Å². The van der Waals surface area contributed by atoms with Gasteiger partial charge in [0.25, 0.3) is 0 Å². The van der Waals surface area contributed by atoms with Gasteiger partial charge in [-0.25, -0.2) is 0 Å². The van der Waals surface area contributed by atoms with Crippen LogP contribution in [0.5, 0.6) is 0 Å². The van der Waals surface area contributed by atoms with Crippen LogP contribution in [-0.4, -0.2) is 54.0 Å². The molecule has 0 aliphatic heterocycles. The molecule has 0 aliphatic rings. The standard InChI is InChI=1S/C19H23AsNO6P/c22-18(23)10-11-21-19(24)17(20-13-28(25,26)27)12-14-6-8-16(9-7-14)15-4-2-1-3-5-15/h1-9,17,20H,10-13H2,(H,21,24)(H,22,23)(H2,25,26,27)/t17-/m0/s1. The second-order valence-electron chi connectivity index (χ2n) is 6.28. The quantitative estimate of drug-likeness (QED) is 0.313. The molecule has 9 heteroatoms. The van der Waals surface area contributed by atoms with Crippen LogP contribution in [0.2, 0.25) is 4.71 Å². The molecule has 1 amide bonds. The van der Waals surface area contributed by atoms with Crippen molar-refractivity contribution in [3.8, 4) is 11.1 Å². The normalized spacial score (nSPS) is 12.8.